The molecular formula is C26H34N4O3S. The second-order valence-electron chi connectivity index (χ2n) is 9.11. The van der Waals surface area contributed by atoms with E-state index in [0.717, 1.165) is 55.4 Å². The molecule has 0 spiro atoms. The fraction of sp³-hybridized carbons (Fsp3) is 0.462. The van der Waals surface area contributed by atoms with Crippen molar-refractivity contribution in [2.45, 2.75) is 63.2 Å². The molecule has 182 valence electrons. The molecule has 1 amide bonds. The molecule has 1 saturated heterocycles. The maximum atomic E-state index is 13.2. The molecule has 1 fully saturated rings. The number of piperidine rings is 1. The zero-order valence-corrected chi connectivity index (χ0v) is 20.8. The van der Waals surface area contributed by atoms with Crippen LogP contribution in [0, 0.1) is 5.92 Å². The highest BCUT2D eigenvalue weighted by Gasteiger charge is 2.31. The van der Waals surface area contributed by atoms with E-state index in [1.807, 2.05) is 24.3 Å². The molecule has 0 aliphatic carbocycles. The summed E-state index contributed by atoms with van der Waals surface area (Å²) in [5, 5.41) is 2.95. The number of nitrogens with zero attached hydrogens (tertiary/aromatic N) is 2. The number of carbonyl (C=O) groups is 1. The number of benzene rings is 2. The molecule has 34 heavy (non-hydrogen) atoms. The molecule has 2 aromatic carbocycles. The van der Waals surface area contributed by atoms with E-state index >= 15 is 0 Å². The number of hydrogen-bond donors (Lipinski definition) is 2. The minimum atomic E-state index is -3.58. The third-order valence-corrected chi connectivity index (χ3v) is 8.57. The molecule has 1 aliphatic heterocycles. The summed E-state index contributed by atoms with van der Waals surface area (Å²) in [5.74, 6) is 1.15. The van der Waals surface area contributed by atoms with Gasteiger partial charge in [0.2, 0.25) is 15.9 Å². The van der Waals surface area contributed by atoms with E-state index in [-0.39, 0.29) is 22.6 Å². The quantitative estimate of drug-likeness (QED) is 0.433. The van der Waals surface area contributed by atoms with Crippen molar-refractivity contribution in [2.75, 3.05) is 18.4 Å². The van der Waals surface area contributed by atoms with Crippen LogP contribution in [0.15, 0.2) is 53.4 Å². The van der Waals surface area contributed by atoms with E-state index in [9.17, 15) is 13.2 Å². The maximum Gasteiger partial charge on any atom is 0.243 e. The monoisotopic (exact) mass is 482 g/mol. The summed E-state index contributed by atoms with van der Waals surface area (Å²) in [7, 11) is -3.58. The van der Waals surface area contributed by atoms with Crippen molar-refractivity contribution in [3.05, 3.63) is 54.4 Å². The lowest BCUT2D eigenvalue weighted by atomic mass is 9.97. The molecule has 3 aromatic rings. The van der Waals surface area contributed by atoms with Gasteiger partial charge < -0.3 is 10.3 Å². The summed E-state index contributed by atoms with van der Waals surface area (Å²) in [5.41, 5.74) is 2.58. The number of aromatic nitrogens is 2. The summed E-state index contributed by atoms with van der Waals surface area (Å²) in [6.45, 7) is 5.07. The highest BCUT2D eigenvalue weighted by molar-refractivity contribution is 7.89. The Morgan fingerprint density at radius 1 is 1.06 bits per heavy atom. The number of anilines is 1. The highest BCUT2D eigenvalue weighted by atomic mass is 32.2. The van der Waals surface area contributed by atoms with E-state index < -0.39 is 10.0 Å². The van der Waals surface area contributed by atoms with Crippen molar-refractivity contribution >= 4 is 32.7 Å². The second kappa shape index (κ2) is 10.7. The number of amides is 1. The Bertz CT molecular complexity index is 1170. The lowest BCUT2D eigenvalue weighted by molar-refractivity contribution is -0.120. The van der Waals surface area contributed by atoms with Crippen molar-refractivity contribution in [3.8, 4) is 0 Å². The first-order valence-electron chi connectivity index (χ1n) is 12.3. The van der Waals surface area contributed by atoms with E-state index in [2.05, 4.69) is 24.1 Å². The number of aromatic amines is 1. The van der Waals surface area contributed by atoms with Crippen LogP contribution in [0.1, 0.15) is 64.1 Å². The molecule has 2 heterocycles. The van der Waals surface area contributed by atoms with Gasteiger partial charge in [0, 0.05) is 30.6 Å². The molecular weight excluding hydrogens is 448 g/mol. The SMILES string of the molecule is CCCC(CCC)C(=O)Nc1ccc(S(=O)(=O)N2CCC(c3nc4ccccc4[nH]3)CC2)cc1. The predicted octanol–water partition coefficient (Wildman–Crippen LogP) is 5.29. The number of hydrogen-bond acceptors (Lipinski definition) is 4. The number of carbonyl (C=O) groups excluding carboxylic acids is 1. The summed E-state index contributed by atoms with van der Waals surface area (Å²) < 4.78 is 28.0. The smallest absolute Gasteiger partial charge is 0.243 e. The summed E-state index contributed by atoms with van der Waals surface area (Å²) in [6, 6.07) is 14.5. The first kappa shape index (κ1) is 24.4. The van der Waals surface area contributed by atoms with E-state index in [1.54, 1.807) is 28.6 Å². The fourth-order valence-electron chi connectivity index (χ4n) is 4.74. The molecule has 4 rings (SSSR count). The first-order chi connectivity index (χ1) is 16.4. The Hall–Kier alpha value is -2.71. The molecule has 0 unspecified atom stereocenters. The van der Waals surface area contributed by atoms with Gasteiger partial charge in [-0.3, -0.25) is 4.79 Å². The van der Waals surface area contributed by atoms with Gasteiger partial charge in [-0.05, 0) is 62.1 Å². The number of nitrogens with one attached hydrogen (secondary N) is 2. The van der Waals surface area contributed by atoms with Gasteiger partial charge in [-0.25, -0.2) is 13.4 Å². The molecule has 0 atom stereocenters. The third kappa shape index (κ3) is 5.33. The molecule has 0 radical (unpaired) electrons. The molecule has 0 saturated carbocycles. The lowest BCUT2D eigenvalue weighted by Gasteiger charge is -2.30. The standard InChI is InChI=1S/C26H34N4O3S/c1-3-7-20(8-4-2)26(31)27-21-11-13-22(14-12-21)34(32,33)30-17-15-19(16-18-30)25-28-23-9-5-6-10-24(23)29-25/h5-6,9-14,19-20H,3-4,7-8,15-18H2,1-2H3,(H,27,31)(H,28,29). The minimum Gasteiger partial charge on any atom is -0.342 e. The molecule has 7 nitrogen and oxygen atoms in total. The first-order valence-corrected chi connectivity index (χ1v) is 13.7. The number of para-hydroxylation sites is 2. The Balaban J connectivity index is 1.38. The van der Waals surface area contributed by atoms with Crippen LogP contribution in [0.4, 0.5) is 5.69 Å². The van der Waals surface area contributed by atoms with Crippen LogP contribution in [0.25, 0.3) is 11.0 Å². The Morgan fingerprint density at radius 3 is 2.32 bits per heavy atom. The van der Waals surface area contributed by atoms with E-state index in [0.29, 0.717) is 18.8 Å². The Kier molecular flexibility index (Phi) is 7.68. The van der Waals surface area contributed by atoms with Gasteiger partial charge in [-0.2, -0.15) is 4.31 Å². The zero-order valence-electron chi connectivity index (χ0n) is 20.0. The van der Waals surface area contributed by atoms with Crippen molar-refractivity contribution in [2.24, 2.45) is 5.92 Å². The second-order valence-corrected chi connectivity index (χ2v) is 11.0. The van der Waals surface area contributed by atoms with Gasteiger partial charge in [-0.15, -0.1) is 0 Å². The van der Waals surface area contributed by atoms with Crippen molar-refractivity contribution in [1.82, 2.24) is 14.3 Å². The van der Waals surface area contributed by atoms with Crippen LogP contribution < -0.4 is 5.32 Å². The van der Waals surface area contributed by atoms with Crippen LogP contribution in [-0.4, -0.2) is 41.7 Å². The van der Waals surface area contributed by atoms with Crippen LogP contribution >= 0.6 is 0 Å². The van der Waals surface area contributed by atoms with Crippen LogP contribution in [-0.2, 0) is 14.8 Å². The van der Waals surface area contributed by atoms with E-state index in [1.165, 1.54) is 0 Å². The summed E-state index contributed by atoms with van der Waals surface area (Å²) in [6.07, 6.45) is 5.09. The van der Waals surface area contributed by atoms with Gasteiger partial charge in [-0.1, -0.05) is 38.8 Å². The largest absolute Gasteiger partial charge is 0.342 e. The lowest BCUT2D eigenvalue weighted by Crippen LogP contribution is -2.38. The number of imidazole rings is 1. The van der Waals surface area contributed by atoms with Crippen LogP contribution in [0.5, 0.6) is 0 Å². The average Bonchev–Trinajstić information content (AvgIpc) is 3.29. The van der Waals surface area contributed by atoms with Gasteiger partial charge in [0.1, 0.15) is 5.82 Å². The zero-order chi connectivity index (χ0) is 24.1. The van der Waals surface area contributed by atoms with Crippen molar-refractivity contribution in [1.29, 1.82) is 0 Å². The molecule has 1 aromatic heterocycles. The van der Waals surface area contributed by atoms with Gasteiger partial charge in [0.25, 0.3) is 0 Å². The predicted molar refractivity (Wildman–Crippen MR) is 135 cm³/mol. The van der Waals surface area contributed by atoms with Crippen molar-refractivity contribution < 1.29 is 13.2 Å². The Morgan fingerprint density at radius 2 is 1.71 bits per heavy atom. The van der Waals surface area contributed by atoms with E-state index in [4.69, 9.17) is 4.98 Å². The molecule has 1 aliphatic rings. The highest BCUT2D eigenvalue weighted by Crippen LogP contribution is 2.31. The number of H-pyrrole nitrogens is 1. The van der Waals surface area contributed by atoms with Gasteiger partial charge in [0.05, 0.1) is 15.9 Å². The average molecular weight is 483 g/mol. The van der Waals surface area contributed by atoms with Crippen LogP contribution in [0.3, 0.4) is 0 Å². The number of sulfonamides is 1. The molecule has 2 N–H and O–H groups in total. The van der Waals surface area contributed by atoms with Gasteiger partial charge in [0.15, 0.2) is 0 Å². The maximum absolute atomic E-state index is 13.2. The normalized spacial score (nSPS) is 15.7. The summed E-state index contributed by atoms with van der Waals surface area (Å²) >= 11 is 0. The molecule has 8 heteroatoms. The number of fused-ring (bicyclic) bond motifs is 1. The van der Waals surface area contributed by atoms with Crippen LogP contribution in [0.2, 0.25) is 0 Å². The summed E-state index contributed by atoms with van der Waals surface area (Å²) in [4.78, 5) is 20.9. The number of rotatable bonds is 9. The third-order valence-electron chi connectivity index (χ3n) is 6.65. The topological polar surface area (TPSA) is 95.2 Å². The van der Waals surface area contributed by atoms with Gasteiger partial charge >= 0.3 is 0 Å². The fourth-order valence-corrected chi connectivity index (χ4v) is 6.21. The minimum absolute atomic E-state index is 0.00645. The van der Waals surface area contributed by atoms with Crippen molar-refractivity contribution in [3.63, 3.8) is 0 Å². The molecule has 0 bridgehead atoms. The Labute approximate surface area is 202 Å².